The maximum atomic E-state index is 11.9. The molecule has 1 aromatic heterocycles. The number of halogens is 6. The summed E-state index contributed by atoms with van der Waals surface area (Å²) in [7, 11) is 0. The van der Waals surface area contributed by atoms with Crippen LogP contribution in [-0.2, 0) is 6.18 Å². The van der Waals surface area contributed by atoms with Gasteiger partial charge >= 0.3 is 64.5 Å². The third kappa shape index (κ3) is 4.39. The van der Waals surface area contributed by atoms with Gasteiger partial charge in [-0.05, 0) is 0 Å². The van der Waals surface area contributed by atoms with Gasteiger partial charge < -0.3 is 12.9 Å². The molecule has 10 heteroatoms. The molecule has 0 amide bonds. The molecule has 78 valence electrons. The molecule has 0 aliphatic rings. The van der Waals surface area contributed by atoms with Gasteiger partial charge in [-0.3, -0.25) is 0 Å². The summed E-state index contributed by atoms with van der Waals surface area (Å²) in [5.41, 5.74) is -1.25. The zero-order chi connectivity index (χ0) is 11.0. The van der Waals surface area contributed by atoms with E-state index in [-0.39, 0.29) is 63.8 Å². The number of hydrogen-bond donors (Lipinski definition) is 0. The summed E-state index contributed by atoms with van der Waals surface area (Å²) in [6, 6.07) is 0. The molecule has 0 aliphatic heterocycles. The predicted molar refractivity (Wildman–Crippen MR) is 35.7 cm³/mol. The van der Waals surface area contributed by atoms with Crippen LogP contribution in [0.15, 0.2) is 12.4 Å². The average molecular weight is 254 g/mol. The maximum absolute atomic E-state index is 11.9. The van der Waals surface area contributed by atoms with E-state index in [1.54, 1.807) is 0 Å². The molecule has 2 nitrogen and oxygen atoms in total. The van der Waals surface area contributed by atoms with Crippen molar-refractivity contribution in [3.8, 4) is 0 Å². The van der Waals surface area contributed by atoms with Gasteiger partial charge in [-0.25, -0.2) is 9.97 Å². The first-order valence-electron chi connectivity index (χ1n) is 3.30. The van der Waals surface area contributed by atoms with Crippen LogP contribution in [0, 0.1) is 0 Å². The molecule has 0 saturated heterocycles. The summed E-state index contributed by atoms with van der Waals surface area (Å²) in [5.74, 6) is -1.58. The van der Waals surface area contributed by atoms with E-state index < -0.39 is 24.4 Å². The number of nitrogens with zero attached hydrogens (tertiary/aromatic N) is 2. The van der Waals surface area contributed by atoms with Crippen LogP contribution < -0.4 is 56.8 Å². The molecule has 0 N–H and O–H groups in total. The van der Waals surface area contributed by atoms with E-state index in [0.717, 1.165) is 0 Å². The van der Waals surface area contributed by atoms with E-state index in [2.05, 4.69) is 9.97 Å². The average Bonchev–Trinajstić information content (AvgIpc) is 2.01. The van der Waals surface area contributed by atoms with Crippen molar-refractivity contribution in [2.24, 2.45) is 0 Å². The van der Waals surface area contributed by atoms with Crippen molar-refractivity contribution in [2.75, 3.05) is 0 Å². The fraction of sp³-hybridized carbons (Fsp3) is 0.200. The van der Waals surface area contributed by atoms with Crippen LogP contribution in [0.25, 0.3) is 0 Å². The first-order valence-corrected chi connectivity index (χ1v) is 3.30. The van der Waals surface area contributed by atoms with Crippen LogP contribution in [0.1, 0.15) is 5.82 Å². The molecule has 0 unspecified atom stereocenters. The third-order valence-electron chi connectivity index (χ3n) is 1.30. The van der Waals surface area contributed by atoms with Gasteiger partial charge in [0.1, 0.15) is 0 Å². The Hall–Kier alpha value is 0.361. The first-order chi connectivity index (χ1) is 6.21. The molecule has 1 aromatic rings. The van der Waals surface area contributed by atoms with Gasteiger partial charge in [0.05, 0.1) is 0 Å². The standard InChI is InChI=1S/C5H2BF6N2.K/c7-5(8,9)4-13-1-3(2-14-4)6(10,11)12;/h1-2H;/q-1;+1. The smallest absolute Gasteiger partial charge is 0.445 e. The van der Waals surface area contributed by atoms with Crippen molar-refractivity contribution in [2.45, 2.75) is 6.18 Å². The van der Waals surface area contributed by atoms with Crippen molar-refractivity contribution < 1.29 is 77.5 Å². The van der Waals surface area contributed by atoms with E-state index in [1.807, 2.05) is 0 Å². The van der Waals surface area contributed by atoms with Crippen molar-refractivity contribution in [1.82, 2.24) is 9.97 Å². The molecule has 0 spiro atoms. The molecule has 1 heterocycles. The minimum Gasteiger partial charge on any atom is -0.445 e. The van der Waals surface area contributed by atoms with Gasteiger partial charge in [-0.1, -0.05) is 5.46 Å². The van der Waals surface area contributed by atoms with Crippen LogP contribution in [-0.4, -0.2) is 16.9 Å². The second-order valence-corrected chi connectivity index (χ2v) is 2.41. The van der Waals surface area contributed by atoms with Crippen molar-refractivity contribution in [3.63, 3.8) is 0 Å². The maximum Gasteiger partial charge on any atom is 1.00 e. The fourth-order valence-electron chi connectivity index (χ4n) is 0.653. The van der Waals surface area contributed by atoms with Gasteiger partial charge in [0, 0.05) is 12.4 Å². The Balaban J connectivity index is 0.00000196. The first kappa shape index (κ1) is 15.4. The van der Waals surface area contributed by atoms with Gasteiger partial charge in [0.2, 0.25) is 5.82 Å². The van der Waals surface area contributed by atoms with Crippen LogP contribution >= 0.6 is 0 Å². The van der Waals surface area contributed by atoms with Crippen LogP contribution in [0.2, 0.25) is 0 Å². The summed E-state index contributed by atoms with van der Waals surface area (Å²) in [6.07, 6.45) is -4.58. The minimum atomic E-state index is -5.35. The minimum absolute atomic E-state index is 0. The van der Waals surface area contributed by atoms with Gasteiger partial charge in [0.15, 0.2) is 0 Å². The predicted octanol–water partition coefficient (Wildman–Crippen LogP) is -1.45. The van der Waals surface area contributed by atoms with Crippen molar-refractivity contribution in [3.05, 3.63) is 18.2 Å². The molecular formula is C5H2BF6KN2. The quantitative estimate of drug-likeness (QED) is 0.453. The normalized spacial score (nSPS) is 12.1. The Morgan fingerprint density at radius 2 is 1.40 bits per heavy atom. The van der Waals surface area contributed by atoms with Crippen molar-refractivity contribution >= 4 is 12.4 Å². The summed E-state index contributed by atoms with van der Waals surface area (Å²) in [4.78, 5) is 5.15. The van der Waals surface area contributed by atoms with E-state index in [9.17, 15) is 26.1 Å². The van der Waals surface area contributed by atoms with Crippen LogP contribution in [0.5, 0.6) is 0 Å². The summed E-state index contributed by atoms with van der Waals surface area (Å²) < 4.78 is 71.2. The Morgan fingerprint density at radius 3 is 1.67 bits per heavy atom. The number of alkyl halides is 3. The zero-order valence-corrected chi connectivity index (χ0v) is 10.5. The molecule has 0 fully saturated rings. The second-order valence-electron chi connectivity index (χ2n) is 2.41. The molecule has 15 heavy (non-hydrogen) atoms. The van der Waals surface area contributed by atoms with E-state index >= 15 is 0 Å². The second kappa shape index (κ2) is 5.13. The number of hydrogen-bond acceptors (Lipinski definition) is 2. The van der Waals surface area contributed by atoms with E-state index in [4.69, 9.17) is 0 Å². The monoisotopic (exact) mass is 254 g/mol. The molecule has 0 aliphatic carbocycles. The molecule has 0 aromatic carbocycles. The summed E-state index contributed by atoms with van der Waals surface area (Å²) >= 11 is 0. The molecule has 0 atom stereocenters. The molecule has 0 radical (unpaired) electrons. The van der Waals surface area contributed by atoms with E-state index in [0.29, 0.717) is 0 Å². The molecule has 1 rings (SSSR count). The van der Waals surface area contributed by atoms with Gasteiger partial charge in [-0.15, -0.1) is 0 Å². The van der Waals surface area contributed by atoms with Crippen LogP contribution in [0.4, 0.5) is 26.1 Å². The Bertz CT molecular complexity index is 287. The topological polar surface area (TPSA) is 25.8 Å². The van der Waals surface area contributed by atoms with Gasteiger partial charge in [0.25, 0.3) is 0 Å². The summed E-state index contributed by atoms with van der Waals surface area (Å²) in [5, 5.41) is 0. The summed E-state index contributed by atoms with van der Waals surface area (Å²) in [6.45, 7) is -5.35. The molecule has 0 bridgehead atoms. The Labute approximate surface area is 123 Å². The molecule has 0 saturated carbocycles. The van der Waals surface area contributed by atoms with Gasteiger partial charge in [-0.2, -0.15) is 13.2 Å². The molecular weight excluding hydrogens is 252 g/mol. The third-order valence-corrected chi connectivity index (χ3v) is 1.30. The zero-order valence-electron chi connectivity index (χ0n) is 7.39. The number of rotatable bonds is 1. The Kier molecular flexibility index (Phi) is 5.25. The fourth-order valence-corrected chi connectivity index (χ4v) is 0.653. The largest absolute Gasteiger partial charge is 1.00 e. The van der Waals surface area contributed by atoms with E-state index in [1.165, 1.54) is 0 Å². The van der Waals surface area contributed by atoms with Crippen molar-refractivity contribution in [1.29, 1.82) is 0 Å². The SMILES string of the molecule is F[B-](F)(F)c1cnc(C(F)(F)F)nc1.[K+]. The Morgan fingerprint density at radius 1 is 1.00 bits per heavy atom. The number of aromatic nitrogens is 2. The van der Waals surface area contributed by atoms with Crippen LogP contribution in [0.3, 0.4) is 0 Å².